The largest absolute Gasteiger partial charge is 0.478 e. The van der Waals surface area contributed by atoms with Crippen LogP contribution < -0.4 is 4.72 Å². The smallest absolute Gasteiger partial charge is 0.335 e. The summed E-state index contributed by atoms with van der Waals surface area (Å²) < 4.78 is 28.6. The van der Waals surface area contributed by atoms with Crippen molar-refractivity contribution < 1.29 is 18.3 Å². The summed E-state index contributed by atoms with van der Waals surface area (Å²) in [6, 6.07) is 5.56. The Labute approximate surface area is 122 Å². The van der Waals surface area contributed by atoms with Crippen molar-refractivity contribution in [1.82, 2.24) is 9.78 Å². The van der Waals surface area contributed by atoms with E-state index >= 15 is 0 Å². The lowest BCUT2D eigenvalue weighted by molar-refractivity contribution is 0.0696. The molecule has 0 aliphatic heterocycles. The molecule has 0 aliphatic carbocycles. The maximum Gasteiger partial charge on any atom is 0.335 e. The summed E-state index contributed by atoms with van der Waals surface area (Å²) in [5.41, 5.74) is 1.06. The first kappa shape index (κ1) is 15.0. The average molecular weight is 309 g/mol. The first-order valence-corrected chi connectivity index (χ1v) is 7.56. The molecule has 2 N–H and O–H groups in total. The number of nitrogens with one attached hydrogen (secondary N) is 1. The van der Waals surface area contributed by atoms with E-state index in [1.807, 2.05) is 0 Å². The summed E-state index contributed by atoms with van der Waals surface area (Å²) in [5, 5.41) is 13.0. The van der Waals surface area contributed by atoms with Gasteiger partial charge in [0.2, 0.25) is 0 Å². The molecule has 1 aromatic carbocycles. The van der Waals surface area contributed by atoms with Crippen LogP contribution in [0.2, 0.25) is 0 Å². The number of aromatic nitrogens is 2. The number of hydrogen-bond acceptors (Lipinski definition) is 4. The van der Waals surface area contributed by atoms with Gasteiger partial charge in [0, 0.05) is 13.1 Å². The maximum atomic E-state index is 12.4. The Morgan fingerprint density at radius 2 is 1.95 bits per heavy atom. The summed E-state index contributed by atoms with van der Waals surface area (Å²) in [6.45, 7) is 3.35. The lowest BCUT2D eigenvalue weighted by Crippen LogP contribution is -2.17. The predicted molar refractivity (Wildman–Crippen MR) is 76.9 cm³/mol. The molecular weight excluding hydrogens is 294 g/mol. The molecule has 0 amide bonds. The van der Waals surface area contributed by atoms with Gasteiger partial charge in [0.15, 0.2) is 0 Å². The Morgan fingerprint density at radius 1 is 1.29 bits per heavy atom. The predicted octanol–water partition coefficient (Wildman–Crippen LogP) is 1.54. The number of carboxylic acid groups (broad SMARTS) is 1. The fourth-order valence-electron chi connectivity index (χ4n) is 1.92. The van der Waals surface area contributed by atoms with Crippen molar-refractivity contribution in [2.24, 2.45) is 7.05 Å². The number of rotatable bonds is 4. The van der Waals surface area contributed by atoms with E-state index in [0.717, 1.165) is 6.07 Å². The Hall–Kier alpha value is -2.35. The highest BCUT2D eigenvalue weighted by Gasteiger charge is 2.20. The van der Waals surface area contributed by atoms with Crippen LogP contribution in [0.15, 0.2) is 29.2 Å². The van der Waals surface area contributed by atoms with Crippen LogP contribution in [-0.4, -0.2) is 29.3 Å². The minimum atomic E-state index is -3.88. The van der Waals surface area contributed by atoms with Gasteiger partial charge in [0.1, 0.15) is 5.82 Å². The van der Waals surface area contributed by atoms with E-state index in [4.69, 9.17) is 5.11 Å². The molecule has 21 heavy (non-hydrogen) atoms. The van der Waals surface area contributed by atoms with Crippen LogP contribution in [-0.2, 0) is 17.1 Å². The first-order valence-electron chi connectivity index (χ1n) is 6.08. The molecule has 0 saturated carbocycles. The summed E-state index contributed by atoms with van der Waals surface area (Å²) in [6.07, 6.45) is 0. The zero-order valence-corrected chi connectivity index (χ0v) is 12.6. The molecule has 0 spiro atoms. The van der Waals surface area contributed by atoms with Crippen molar-refractivity contribution in [3.8, 4) is 0 Å². The van der Waals surface area contributed by atoms with Gasteiger partial charge in [-0.05, 0) is 31.5 Å². The highest BCUT2D eigenvalue weighted by Crippen LogP contribution is 2.21. The van der Waals surface area contributed by atoms with Gasteiger partial charge in [-0.2, -0.15) is 5.10 Å². The lowest BCUT2D eigenvalue weighted by Gasteiger charge is -2.11. The summed E-state index contributed by atoms with van der Waals surface area (Å²) in [4.78, 5) is 10.9. The van der Waals surface area contributed by atoms with Gasteiger partial charge in [0.05, 0.1) is 16.2 Å². The van der Waals surface area contributed by atoms with Crippen molar-refractivity contribution >= 4 is 21.8 Å². The fourth-order valence-corrected chi connectivity index (χ4v) is 3.27. The second-order valence-electron chi connectivity index (χ2n) is 4.69. The van der Waals surface area contributed by atoms with Crippen LogP contribution in [0.5, 0.6) is 0 Å². The molecule has 1 aromatic heterocycles. The van der Waals surface area contributed by atoms with E-state index < -0.39 is 16.0 Å². The number of aromatic carboxylic acids is 1. The Balaban J connectivity index is 2.46. The monoisotopic (exact) mass is 309 g/mol. The van der Waals surface area contributed by atoms with Gasteiger partial charge < -0.3 is 5.11 Å². The molecule has 0 atom stereocenters. The Morgan fingerprint density at radius 3 is 2.48 bits per heavy atom. The van der Waals surface area contributed by atoms with Crippen molar-refractivity contribution in [2.75, 3.05) is 4.72 Å². The molecule has 0 unspecified atom stereocenters. The van der Waals surface area contributed by atoms with Gasteiger partial charge in [-0.15, -0.1) is 0 Å². The number of nitrogens with zero attached hydrogens (tertiary/aromatic N) is 2. The van der Waals surface area contributed by atoms with Crippen LogP contribution in [0.3, 0.4) is 0 Å². The third-order valence-corrected chi connectivity index (χ3v) is 4.46. The highest BCUT2D eigenvalue weighted by atomic mass is 32.2. The highest BCUT2D eigenvalue weighted by molar-refractivity contribution is 7.92. The number of benzene rings is 1. The van der Waals surface area contributed by atoms with Crippen molar-refractivity contribution in [2.45, 2.75) is 18.7 Å². The van der Waals surface area contributed by atoms with Crippen LogP contribution in [0.1, 0.15) is 21.6 Å². The molecule has 7 nitrogen and oxygen atoms in total. The summed E-state index contributed by atoms with van der Waals surface area (Å²) in [7, 11) is -2.27. The van der Waals surface area contributed by atoms with Gasteiger partial charge in [-0.25, -0.2) is 13.2 Å². The molecule has 112 valence electrons. The average Bonchev–Trinajstić information content (AvgIpc) is 2.67. The molecule has 0 fully saturated rings. The van der Waals surface area contributed by atoms with Crippen molar-refractivity contribution in [1.29, 1.82) is 0 Å². The number of anilines is 1. The third kappa shape index (κ3) is 3.05. The molecule has 0 aliphatic rings. The number of carboxylic acids is 1. The molecule has 0 radical (unpaired) electrons. The van der Waals surface area contributed by atoms with E-state index in [1.54, 1.807) is 27.0 Å². The second kappa shape index (κ2) is 5.21. The molecule has 2 aromatic rings. The van der Waals surface area contributed by atoms with Gasteiger partial charge in [-0.1, -0.05) is 6.07 Å². The quantitative estimate of drug-likeness (QED) is 0.892. The molecule has 0 bridgehead atoms. The molecule has 8 heteroatoms. The van der Waals surface area contributed by atoms with E-state index in [0.29, 0.717) is 17.1 Å². The maximum absolute atomic E-state index is 12.4. The summed E-state index contributed by atoms with van der Waals surface area (Å²) in [5.74, 6) is -0.865. The number of carbonyl (C=O) groups is 1. The Kier molecular flexibility index (Phi) is 3.73. The van der Waals surface area contributed by atoms with E-state index in [2.05, 4.69) is 9.82 Å². The zero-order valence-electron chi connectivity index (χ0n) is 11.8. The van der Waals surface area contributed by atoms with Crippen molar-refractivity contribution in [3.63, 3.8) is 0 Å². The van der Waals surface area contributed by atoms with E-state index in [-0.39, 0.29) is 10.5 Å². The number of hydrogen-bond donors (Lipinski definition) is 2. The zero-order chi connectivity index (χ0) is 15.8. The van der Waals surface area contributed by atoms with Gasteiger partial charge in [-0.3, -0.25) is 9.40 Å². The van der Waals surface area contributed by atoms with Crippen LogP contribution >= 0.6 is 0 Å². The molecule has 1 heterocycles. The van der Waals surface area contributed by atoms with Crippen LogP contribution in [0.25, 0.3) is 0 Å². The first-order chi connectivity index (χ1) is 9.70. The SMILES string of the molecule is Cc1cc(NS(=O)(=O)c2cc(C(=O)O)ccc2C)n(C)n1. The fraction of sp³-hybridized carbons (Fsp3) is 0.231. The van der Waals surface area contributed by atoms with Gasteiger partial charge in [0.25, 0.3) is 10.0 Å². The van der Waals surface area contributed by atoms with Crippen LogP contribution in [0.4, 0.5) is 5.82 Å². The minimum absolute atomic E-state index is 0.0683. The Bertz CT molecular complexity index is 809. The molecule has 0 saturated heterocycles. The standard InChI is InChI=1S/C13H15N3O4S/c1-8-4-5-10(13(17)18)7-11(8)21(19,20)15-12-6-9(2)14-16(12)3/h4-7,15H,1-3H3,(H,17,18). The van der Waals surface area contributed by atoms with Crippen LogP contribution in [0, 0.1) is 13.8 Å². The van der Waals surface area contributed by atoms with Crippen molar-refractivity contribution in [3.05, 3.63) is 41.1 Å². The number of aryl methyl sites for hydroxylation is 3. The lowest BCUT2D eigenvalue weighted by atomic mass is 10.1. The minimum Gasteiger partial charge on any atom is -0.478 e. The summed E-state index contributed by atoms with van der Waals surface area (Å²) >= 11 is 0. The third-order valence-electron chi connectivity index (χ3n) is 2.97. The topological polar surface area (TPSA) is 101 Å². The number of sulfonamides is 1. The molecular formula is C13H15N3O4S. The van der Waals surface area contributed by atoms with E-state index in [9.17, 15) is 13.2 Å². The van der Waals surface area contributed by atoms with E-state index in [1.165, 1.54) is 16.8 Å². The molecule has 2 rings (SSSR count). The normalized spacial score (nSPS) is 11.4. The second-order valence-corrected chi connectivity index (χ2v) is 6.34. The van der Waals surface area contributed by atoms with Gasteiger partial charge >= 0.3 is 5.97 Å².